The minimum Gasteiger partial charge on any atom is -0.497 e. The number of fused-ring (bicyclic) bond motifs is 1. The molecule has 0 radical (unpaired) electrons. The van der Waals surface area contributed by atoms with Gasteiger partial charge in [-0.2, -0.15) is 0 Å². The van der Waals surface area contributed by atoms with Crippen molar-refractivity contribution in [3.05, 3.63) is 66.6 Å². The third-order valence-corrected chi connectivity index (χ3v) is 4.61. The standard InChI is InChI=1S/C21H15FN6O3.ClH/c1-29-14-8-4-13(5-9-14)28-17-10-18(30-15-6-2-12(22)3-7-15)24-11-16(17)25-21(28)19-20(23)27-31-26-19;/h2-11H,1H3,(H2,23,27);1H. The average Bonchev–Trinajstić information content (AvgIpc) is 3.38. The number of hydrogen-bond donors (Lipinski definition) is 1. The highest BCUT2D eigenvalue weighted by Crippen LogP contribution is 2.32. The van der Waals surface area contributed by atoms with Gasteiger partial charge >= 0.3 is 0 Å². The summed E-state index contributed by atoms with van der Waals surface area (Å²) in [4.78, 5) is 8.92. The van der Waals surface area contributed by atoms with E-state index in [1.165, 1.54) is 24.3 Å². The van der Waals surface area contributed by atoms with E-state index in [9.17, 15) is 4.39 Å². The van der Waals surface area contributed by atoms with E-state index in [2.05, 4.69) is 20.3 Å². The smallest absolute Gasteiger partial charge is 0.221 e. The van der Waals surface area contributed by atoms with Gasteiger partial charge in [-0.3, -0.25) is 4.57 Å². The van der Waals surface area contributed by atoms with Crippen LogP contribution in [0.4, 0.5) is 10.2 Å². The first-order valence-electron chi connectivity index (χ1n) is 9.17. The Morgan fingerprint density at radius 3 is 2.38 bits per heavy atom. The van der Waals surface area contributed by atoms with Gasteiger partial charge in [0.25, 0.3) is 0 Å². The summed E-state index contributed by atoms with van der Waals surface area (Å²) in [6.45, 7) is 0. The van der Waals surface area contributed by atoms with Crippen molar-refractivity contribution in [2.24, 2.45) is 0 Å². The van der Waals surface area contributed by atoms with E-state index in [-0.39, 0.29) is 24.0 Å². The summed E-state index contributed by atoms with van der Waals surface area (Å²) in [6.07, 6.45) is 1.57. The number of nitrogen functional groups attached to an aromatic ring is 1. The highest BCUT2D eigenvalue weighted by Gasteiger charge is 2.21. The molecule has 0 saturated heterocycles. The molecule has 11 heteroatoms. The average molecular weight is 455 g/mol. The Morgan fingerprint density at radius 1 is 1.00 bits per heavy atom. The van der Waals surface area contributed by atoms with Crippen LogP contribution in [0.25, 0.3) is 28.2 Å². The first kappa shape index (κ1) is 21.1. The van der Waals surface area contributed by atoms with E-state index < -0.39 is 0 Å². The van der Waals surface area contributed by atoms with Crippen molar-refractivity contribution >= 4 is 29.3 Å². The van der Waals surface area contributed by atoms with Crippen LogP contribution in [0.3, 0.4) is 0 Å². The molecule has 0 aliphatic rings. The molecule has 3 heterocycles. The predicted octanol–water partition coefficient (Wildman–Crippen LogP) is 4.41. The molecule has 0 unspecified atom stereocenters. The van der Waals surface area contributed by atoms with Gasteiger partial charge in [-0.15, -0.1) is 12.4 Å². The zero-order valence-corrected chi connectivity index (χ0v) is 17.4. The van der Waals surface area contributed by atoms with Crippen molar-refractivity contribution in [1.29, 1.82) is 0 Å². The maximum absolute atomic E-state index is 13.2. The fourth-order valence-electron chi connectivity index (χ4n) is 3.14. The lowest BCUT2D eigenvalue weighted by Crippen LogP contribution is -2.00. The summed E-state index contributed by atoms with van der Waals surface area (Å²) < 4.78 is 30.8. The monoisotopic (exact) mass is 454 g/mol. The van der Waals surface area contributed by atoms with Gasteiger partial charge in [0.15, 0.2) is 17.3 Å². The molecule has 3 aromatic heterocycles. The van der Waals surface area contributed by atoms with Crippen LogP contribution in [-0.4, -0.2) is 32.0 Å². The van der Waals surface area contributed by atoms with Crippen LogP contribution in [-0.2, 0) is 0 Å². The lowest BCUT2D eigenvalue weighted by Gasteiger charge is -2.10. The highest BCUT2D eigenvalue weighted by molar-refractivity contribution is 5.85. The van der Waals surface area contributed by atoms with Crippen LogP contribution in [0.5, 0.6) is 17.4 Å². The van der Waals surface area contributed by atoms with E-state index >= 15 is 0 Å². The van der Waals surface area contributed by atoms with E-state index in [4.69, 9.17) is 19.8 Å². The molecule has 0 saturated carbocycles. The van der Waals surface area contributed by atoms with Crippen molar-refractivity contribution in [3.63, 3.8) is 0 Å². The Hall–Kier alpha value is -4.18. The van der Waals surface area contributed by atoms with Gasteiger partial charge in [0.1, 0.15) is 22.8 Å². The van der Waals surface area contributed by atoms with Crippen LogP contribution < -0.4 is 15.2 Å². The number of aromatic nitrogens is 5. The van der Waals surface area contributed by atoms with Crippen LogP contribution in [0.2, 0.25) is 0 Å². The van der Waals surface area contributed by atoms with Gasteiger partial charge in [-0.25, -0.2) is 19.0 Å². The molecule has 0 aliphatic carbocycles. The highest BCUT2D eigenvalue weighted by atomic mass is 35.5. The largest absolute Gasteiger partial charge is 0.497 e. The lowest BCUT2D eigenvalue weighted by atomic mass is 10.2. The number of nitrogens with two attached hydrogens (primary N) is 1. The van der Waals surface area contributed by atoms with Gasteiger partial charge in [-0.1, -0.05) is 0 Å². The molecule has 162 valence electrons. The molecule has 9 nitrogen and oxygen atoms in total. The minimum absolute atomic E-state index is 0. The number of benzene rings is 2. The third-order valence-electron chi connectivity index (χ3n) is 4.61. The van der Waals surface area contributed by atoms with Crippen LogP contribution in [0.1, 0.15) is 0 Å². The van der Waals surface area contributed by atoms with Crippen molar-refractivity contribution < 1.29 is 18.5 Å². The van der Waals surface area contributed by atoms with Gasteiger partial charge in [-0.05, 0) is 58.8 Å². The molecule has 2 N–H and O–H groups in total. The molecule has 0 fully saturated rings. The third kappa shape index (κ3) is 3.79. The van der Waals surface area contributed by atoms with E-state index in [0.29, 0.717) is 39.9 Å². The number of rotatable bonds is 5. The minimum atomic E-state index is -0.350. The number of halogens is 2. The van der Waals surface area contributed by atoms with Crippen molar-refractivity contribution in [2.75, 3.05) is 12.8 Å². The van der Waals surface area contributed by atoms with Gasteiger partial charge in [0.05, 0.1) is 18.8 Å². The van der Waals surface area contributed by atoms with Crippen molar-refractivity contribution in [3.8, 4) is 34.6 Å². The molecule has 32 heavy (non-hydrogen) atoms. The van der Waals surface area contributed by atoms with Crippen molar-refractivity contribution in [2.45, 2.75) is 0 Å². The maximum Gasteiger partial charge on any atom is 0.221 e. The van der Waals surface area contributed by atoms with Crippen LogP contribution in [0.15, 0.2) is 65.4 Å². The summed E-state index contributed by atoms with van der Waals surface area (Å²) in [5.74, 6) is 1.66. The summed E-state index contributed by atoms with van der Waals surface area (Å²) in [6, 6.07) is 14.8. The summed E-state index contributed by atoms with van der Waals surface area (Å²) in [5.41, 5.74) is 8.27. The molecular weight excluding hydrogens is 439 g/mol. The molecule has 0 bridgehead atoms. The first-order valence-corrected chi connectivity index (χ1v) is 9.17. The van der Waals surface area contributed by atoms with E-state index in [1.807, 2.05) is 28.8 Å². The second-order valence-electron chi connectivity index (χ2n) is 6.53. The number of anilines is 1. The Labute approximate surface area is 187 Å². The number of nitrogens with zero attached hydrogens (tertiary/aromatic N) is 5. The van der Waals surface area contributed by atoms with E-state index in [0.717, 1.165) is 5.69 Å². The molecule has 0 aliphatic heterocycles. The Balaban J connectivity index is 0.00000245. The molecule has 0 atom stereocenters. The van der Waals surface area contributed by atoms with Gasteiger partial charge in [0, 0.05) is 11.8 Å². The second kappa shape index (κ2) is 8.52. The Bertz CT molecular complexity index is 1370. The summed E-state index contributed by atoms with van der Waals surface area (Å²) in [5, 5.41) is 7.55. The Morgan fingerprint density at radius 2 is 1.72 bits per heavy atom. The van der Waals surface area contributed by atoms with E-state index in [1.54, 1.807) is 19.4 Å². The topological polar surface area (TPSA) is 114 Å². The predicted molar refractivity (Wildman–Crippen MR) is 117 cm³/mol. The zero-order valence-electron chi connectivity index (χ0n) is 16.6. The molecule has 0 amide bonds. The number of hydrogen-bond acceptors (Lipinski definition) is 8. The first-order chi connectivity index (χ1) is 15.1. The SMILES string of the molecule is COc1ccc(-n2c(-c3nonc3N)nc3cnc(Oc4ccc(F)cc4)cc32)cc1.Cl. The number of ether oxygens (including phenoxy) is 2. The Kier molecular flexibility index (Phi) is 5.61. The fourth-order valence-corrected chi connectivity index (χ4v) is 3.14. The molecule has 5 rings (SSSR count). The second-order valence-corrected chi connectivity index (χ2v) is 6.53. The van der Waals surface area contributed by atoms with Gasteiger partial charge < -0.3 is 15.2 Å². The normalized spacial score (nSPS) is 10.7. The summed E-state index contributed by atoms with van der Waals surface area (Å²) in [7, 11) is 1.60. The zero-order chi connectivity index (χ0) is 21.4. The van der Waals surface area contributed by atoms with Crippen LogP contribution in [0, 0.1) is 5.82 Å². The molecule has 0 spiro atoms. The van der Waals surface area contributed by atoms with Crippen LogP contribution >= 0.6 is 12.4 Å². The number of imidazole rings is 1. The lowest BCUT2D eigenvalue weighted by molar-refractivity contribution is 0.310. The maximum atomic E-state index is 13.2. The molecule has 2 aromatic carbocycles. The number of methoxy groups -OCH3 is 1. The molecule has 5 aromatic rings. The molecular formula is C21H16ClFN6O3. The number of pyridine rings is 1. The summed E-state index contributed by atoms with van der Waals surface area (Å²) >= 11 is 0. The quantitative estimate of drug-likeness (QED) is 0.415. The van der Waals surface area contributed by atoms with Crippen molar-refractivity contribution in [1.82, 2.24) is 24.8 Å². The van der Waals surface area contributed by atoms with Gasteiger partial charge in [0.2, 0.25) is 5.88 Å². The fraction of sp³-hybridized carbons (Fsp3) is 0.0476.